The molecule has 0 saturated heterocycles. The Balaban J connectivity index is 0.000000810. The van der Waals surface area contributed by atoms with Crippen LogP contribution in [0.15, 0.2) is 11.6 Å². The third-order valence-corrected chi connectivity index (χ3v) is 1.80. The minimum absolute atomic E-state index is 0. The van der Waals surface area contributed by atoms with Crippen molar-refractivity contribution in [3.63, 3.8) is 0 Å². The molecule has 0 saturated carbocycles. The monoisotopic (exact) mass is 141 g/mol. The van der Waals surface area contributed by atoms with Gasteiger partial charge < -0.3 is 5.32 Å². The van der Waals surface area contributed by atoms with Crippen LogP contribution in [0.5, 0.6) is 0 Å². The molecule has 1 aliphatic rings. The van der Waals surface area contributed by atoms with Crippen molar-refractivity contribution in [1.29, 1.82) is 0 Å². The quantitative estimate of drug-likeness (QED) is 0.552. The summed E-state index contributed by atoms with van der Waals surface area (Å²) < 4.78 is 0. The van der Waals surface area contributed by atoms with Gasteiger partial charge in [-0.15, -0.1) is 0 Å². The summed E-state index contributed by atoms with van der Waals surface area (Å²) in [6, 6.07) is 0. The van der Waals surface area contributed by atoms with E-state index in [2.05, 4.69) is 25.2 Å². The molecular formula is C9H19N. The molecule has 1 heterocycles. The summed E-state index contributed by atoms with van der Waals surface area (Å²) in [4.78, 5) is 0. The van der Waals surface area contributed by atoms with E-state index in [0.29, 0.717) is 0 Å². The van der Waals surface area contributed by atoms with Crippen LogP contribution in [0.4, 0.5) is 0 Å². The van der Waals surface area contributed by atoms with Crippen molar-refractivity contribution in [3.05, 3.63) is 11.6 Å². The van der Waals surface area contributed by atoms with E-state index in [9.17, 15) is 0 Å². The van der Waals surface area contributed by atoms with Crippen LogP contribution in [-0.4, -0.2) is 13.1 Å². The van der Waals surface area contributed by atoms with Gasteiger partial charge in [-0.05, 0) is 18.9 Å². The van der Waals surface area contributed by atoms with Crippen molar-refractivity contribution in [1.82, 2.24) is 5.32 Å². The van der Waals surface area contributed by atoms with E-state index in [0.717, 1.165) is 19.0 Å². The molecule has 0 spiro atoms. The van der Waals surface area contributed by atoms with Gasteiger partial charge in [-0.1, -0.05) is 32.9 Å². The summed E-state index contributed by atoms with van der Waals surface area (Å²) in [5, 5.41) is 3.35. The lowest BCUT2D eigenvalue weighted by molar-refractivity contribution is 0.627. The summed E-state index contributed by atoms with van der Waals surface area (Å²) in [6.07, 6.45) is 3.58. The molecule has 0 unspecified atom stereocenters. The molecule has 1 heteroatoms. The Hall–Kier alpha value is -0.300. The van der Waals surface area contributed by atoms with Gasteiger partial charge >= 0.3 is 0 Å². The van der Waals surface area contributed by atoms with Crippen LogP contribution in [0.1, 0.15) is 27.7 Å². The second kappa shape index (κ2) is 4.51. The number of hydrogen-bond donors (Lipinski definition) is 1. The summed E-state index contributed by atoms with van der Waals surface area (Å²) in [7, 11) is 0. The molecule has 0 aromatic heterocycles. The Kier molecular flexibility index (Phi) is 4.37. The first kappa shape index (κ1) is 9.70. The molecular weight excluding hydrogens is 122 g/mol. The van der Waals surface area contributed by atoms with Crippen LogP contribution in [0.2, 0.25) is 0 Å². The number of nitrogens with one attached hydrogen (secondary N) is 1. The lowest BCUT2D eigenvalue weighted by Gasteiger charge is -2.16. The van der Waals surface area contributed by atoms with Gasteiger partial charge in [0.05, 0.1) is 0 Å². The summed E-state index contributed by atoms with van der Waals surface area (Å²) in [6.45, 7) is 6.77. The van der Waals surface area contributed by atoms with E-state index in [-0.39, 0.29) is 7.43 Å². The van der Waals surface area contributed by atoms with Gasteiger partial charge in [-0.25, -0.2) is 0 Å². The third-order valence-electron chi connectivity index (χ3n) is 1.80. The Labute approximate surface area is 64.5 Å². The average molecular weight is 141 g/mol. The standard InChI is InChI=1S/C8H15N.CH4/c1-7(2)8-4-3-5-9-6-8;/h4,7,9H,3,5-6H2,1-2H3;1H4. The first-order valence-corrected chi connectivity index (χ1v) is 3.70. The highest BCUT2D eigenvalue weighted by atomic mass is 14.9. The molecule has 0 radical (unpaired) electrons. The highest BCUT2D eigenvalue weighted by Crippen LogP contribution is 2.11. The Morgan fingerprint density at radius 3 is 2.50 bits per heavy atom. The molecule has 1 N–H and O–H groups in total. The topological polar surface area (TPSA) is 12.0 Å². The summed E-state index contributed by atoms with van der Waals surface area (Å²) in [5.74, 6) is 0.734. The second-order valence-corrected chi connectivity index (χ2v) is 2.90. The molecule has 0 bridgehead atoms. The van der Waals surface area contributed by atoms with Gasteiger partial charge in [-0.2, -0.15) is 0 Å². The zero-order chi connectivity index (χ0) is 6.69. The molecule has 0 aromatic rings. The predicted molar refractivity (Wildman–Crippen MR) is 47.1 cm³/mol. The van der Waals surface area contributed by atoms with Crippen molar-refractivity contribution < 1.29 is 0 Å². The first-order valence-electron chi connectivity index (χ1n) is 3.70. The smallest absolute Gasteiger partial charge is 0.0167 e. The zero-order valence-electron chi connectivity index (χ0n) is 6.28. The fourth-order valence-electron chi connectivity index (χ4n) is 1.10. The lowest BCUT2D eigenvalue weighted by atomic mass is 10.0. The fourth-order valence-corrected chi connectivity index (χ4v) is 1.10. The molecule has 60 valence electrons. The van der Waals surface area contributed by atoms with Gasteiger partial charge in [-0.3, -0.25) is 0 Å². The van der Waals surface area contributed by atoms with Crippen LogP contribution in [0, 0.1) is 5.92 Å². The number of rotatable bonds is 1. The highest BCUT2D eigenvalue weighted by Gasteiger charge is 2.04. The number of hydrogen-bond acceptors (Lipinski definition) is 1. The highest BCUT2D eigenvalue weighted by molar-refractivity contribution is 5.09. The largest absolute Gasteiger partial charge is 0.313 e. The first-order chi connectivity index (χ1) is 4.30. The van der Waals surface area contributed by atoms with Crippen molar-refractivity contribution in [2.24, 2.45) is 5.92 Å². The van der Waals surface area contributed by atoms with Crippen molar-refractivity contribution in [2.45, 2.75) is 27.7 Å². The summed E-state index contributed by atoms with van der Waals surface area (Å²) >= 11 is 0. The molecule has 0 amide bonds. The van der Waals surface area contributed by atoms with E-state index >= 15 is 0 Å². The Morgan fingerprint density at radius 2 is 2.20 bits per heavy atom. The van der Waals surface area contributed by atoms with E-state index in [4.69, 9.17) is 0 Å². The molecule has 0 aromatic carbocycles. The van der Waals surface area contributed by atoms with Crippen LogP contribution in [0.3, 0.4) is 0 Å². The molecule has 0 atom stereocenters. The van der Waals surface area contributed by atoms with Crippen molar-refractivity contribution in [2.75, 3.05) is 13.1 Å². The normalized spacial score (nSPS) is 18.1. The Morgan fingerprint density at radius 1 is 1.50 bits per heavy atom. The molecule has 0 fully saturated rings. The van der Waals surface area contributed by atoms with Gasteiger partial charge in [0.25, 0.3) is 0 Å². The van der Waals surface area contributed by atoms with Crippen LogP contribution in [0.25, 0.3) is 0 Å². The molecule has 0 aliphatic carbocycles. The van der Waals surface area contributed by atoms with Crippen LogP contribution >= 0.6 is 0 Å². The van der Waals surface area contributed by atoms with Gasteiger partial charge in [0.2, 0.25) is 0 Å². The van der Waals surface area contributed by atoms with E-state index in [1.807, 2.05) is 0 Å². The minimum Gasteiger partial charge on any atom is -0.313 e. The molecule has 1 nitrogen and oxygen atoms in total. The SMILES string of the molecule is C.CC(C)C1=CCCNC1. The average Bonchev–Trinajstić information content (AvgIpc) is 1.90. The molecule has 1 aliphatic heterocycles. The van der Waals surface area contributed by atoms with Gasteiger partial charge in [0.15, 0.2) is 0 Å². The fraction of sp³-hybridized carbons (Fsp3) is 0.778. The van der Waals surface area contributed by atoms with Crippen molar-refractivity contribution in [3.8, 4) is 0 Å². The maximum atomic E-state index is 3.35. The predicted octanol–water partition coefficient (Wildman–Crippen LogP) is 2.20. The molecule has 1 rings (SSSR count). The van der Waals surface area contributed by atoms with Crippen LogP contribution in [-0.2, 0) is 0 Å². The van der Waals surface area contributed by atoms with E-state index in [1.165, 1.54) is 6.42 Å². The zero-order valence-corrected chi connectivity index (χ0v) is 6.28. The summed E-state index contributed by atoms with van der Waals surface area (Å²) in [5.41, 5.74) is 1.57. The maximum Gasteiger partial charge on any atom is 0.0167 e. The van der Waals surface area contributed by atoms with E-state index < -0.39 is 0 Å². The minimum atomic E-state index is 0. The van der Waals surface area contributed by atoms with Crippen LogP contribution < -0.4 is 5.32 Å². The van der Waals surface area contributed by atoms with Gasteiger partial charge in [0, 0.05) is 6.54 Å². The Bertz CT molecular complexity index is 114. The third kappa shape index (κ3) is 2.53. The maximum absolute atomic E-state index is 3.35. The lowest BCUT2D eigenvalue weighted by Crippen LogP contribution is -2.24. The second-order valence-electron chi connectivity index (χ2n) is 2.90. The van der Waals surface area contributed by atoms with E-state index in [1.54, 1.807) is 5.57 Å². The molecule has 10 heavy (non-hydrogen) atoms. The van der Waals surface area contributed by atoms with Gasteiger partial charge in [0.1, 0.15) is 0 Å². The van der Waals surface area contributed by atoms with Crippen molar-refractivity contribution >= 4 is 0 Å².